The van der Waals surface area contributed by atoms with Crippen molar-refractivity contribution in [2.24, 2.45) is 5.10 Å². The van der Waals surface area contributed by atoms with Gasteiger partial charge in [0.25, 0.3) is 0 Å². The van der Waals surface area contributed by atoms with Crippen LogP contribution in [0, 0.1) is 0 Å². The maximum absolute atomic E-state index is 6.20. The summed E-state index contributed by atoms with van der Waals surface area (Å²) in [5.41, 5.74) is 5.50. The first kappa shape index (κ1) is 20.5. The van der Waals surface area contributed by atoms with Crippen LogP contribution in [-0.4, -0.2) is 18.3 Å². The zero-order valence-electron chi connectivity index (χ0n) is 15.9. The molecule has 4 aromatic rings. The van der Waals surface area contributed by atoms with Gasteiger partial charge in [0.2, 0.25) is 5.13 Å². The van der Waals surface area contributed by atoms with Crippen LogP contribution >= 0.6 is 34.5 Å². The SMILES string of the molecule is COc1cc(/C=N\Nc2nc3ccccc3s2)ccc1OCc1c(Cl)cccc1Cl. The van der Waals surface area contributed by atoms with Crippen molar-refractivity contribution in [1.82, 2.24) is 4.98 Å². The standard InChI is InChI=1S/C22H17Cl2N3O2S/c1-28-20-11-14(12-25-27-22-26-18-7-2-3-8-21(18)30-22)9-10-19(20)29-13-15-16(23)5-4-6-17(15)24/h2-12H,13H2,1H3,(H,26,27)/b25-12-. The average Bonchev–Trinajstić information content (AvgIpc) is 3.17. The number of methoxy groups -OCH3 is 1. The molecule has 0 fully saturated rings. The second-order valence-electron chi connectivity index (χ2n) is 6.26. The Hall–Kier alpha value is -2.80. The molecule has 0 radical (unpaired) electrons. The van der Waals surface area contributed by atoms with Gasteiger partial charge in [-0.15, -0.1) is 0 Å². The molecule has 0 bridgehead atoms. The summed E-state index contributed by atoms with van der Waals surface area (Å²) in [4.78, 5) is 4.49. The average molecular weight is 458 g/mol. The van der Waals surface area contributed by atoms with E-state index in [0.29, 0.717) is 21.5 Å². The molecule has 0 aliphatic carbocycles. The second-order valence-corrected chi connectivity index (χ2v) is 8.10. The van der Waals surface area contributed by atoms with Crippen LogP contribution in [0.1, 0.15) is 11.1 Å². The number of hydrogen-bond donors (Lipinski definition) is 1. The molecule has 0 unspecified atom stereocenters. The highest BCUT2D eigenvalue weighted by atomic mass is 35.5. The van der Waals surface area contributed by atoms with Crippen molar-refractivity contribution >= 4 is 56.1 Å². The maximum atomic E-state index is 6.20. The third-order valence-electron chi connectivity index (χ3n) is 4.29. The molecule has 5 nitrogen and oxygen atoms in total. The molecule has 0 aliphatic heterocycles. The van der Waals surface area contributed by atoms with Crippen molar-refractivity contribution in [3.05, 3.63) is 81.8 Å². The Morgan fingerprint density at radius 2 is 1.83 bits per heavy atom. The first-order valence-corrected chi connectivity index (χ1v) is 10.6. The van der Waals surface area contributed by atoms with E-state index in [4.69, 9.17) is 32.7 Å². The predicted molar refractivity (Wildman–Crippen MR) is 125 cm³/mol. The number of halogens is 2. The van der Waals surface area contributed by atoms with Gasteiger partial charge in [0.05, 0.1) is 23.5 Å². The number of para-hydroxylation sites is 1. The van der Waals surface area contributed by atoms with Crippen molar-refractivity contribution in [1.29, 1.82) is 0 Å². The lowest BCUT2D eigenvalue weighted by atomic mass is 10.2. The summed E-state index contributed by atoms with van der Waals surface area (Å²) in [6.45, 7) is 0.238. The van der Waals surface area contributed by atoms with E-state index < -0.39 is 0 Å². The molecule has 30 heavy (non-hydrogen) atoms. The van der Waals surface area contributed by atoms with E-state index in [1.807, 2.05) is 42.5 Å². The Bertz CT molecular complexity index is 1160. The number of hydrogen-bond acceptors (Lipinski definition) is 6. The molecule has 1 N–H and O–H groups in total. The fourth-order valence-corrected chi connectivity index (χ4v) is 4.11. The highest BCUT2D eigenvalue weighted by Gasteiger charge is 2.10. The molecule has 4 rings (SSSR count). The number of nitrogens with zero attached hydrogens (tertiary/aromatic N) is 2. The largest absolute Gasteiger partial charge is 0.493 e. The van der Waals surface area contributed by atoms with Crippen LogP contribution < -0.4 is 14.9 Å². The van der Waals surface area contributed by atoms with Crippen LogP contribution in [0.4, 0.5) is 5.13 Å². The van der Waals surface area contributed by atoms with Crippen LogP contribution in [0.15, 0.2) is 65.8 Å². The molecule has 8 heteroatoms. The minimum absolute atomic E-state index is 0.238. The van der Waals surface area contributed by atoms with Gasteiger partial charge in [-0.05, 0) is 48.0 Å². The molecule has 1 aromatic heterocycles. The molecule has 152 valence electrons. The second kappa shape index (κ2) is 9.34. The number of ether oxygens (including phenoxy) is 2. The van der Waals surface area contributed by atoms with E-state index in [1.165, 1.54) is 0 Å². The summed E-state index contributed by atoms with van der Waals surface area (Å²) >= 11 is 14.0. The molecular formula is C22H17Cl2N3O2S. The molecule has 1 heterocycles. The minimum atomic E-state index is 0.238. The first-order valence-electron chi connectivity index (χ1n) is 9.02. The Morgan fingerprint density at radius 3 is 2.60 bits per heavy atom. The Morgan fingerprint density at radius 1 is 1.03 bits per heavy atom. The van der Waals surface area contributed by atoms with Gasteiger partial charge in [-0.3, -0.25) is 5.43 Å². The Kier molecular flexibility index (Phi) is 6.38. The normalized spacial score (nSPS) is 11.2. The van der Waals surface area contributed by atoms with Crippen LogP contribution in [0.2, 0.25) is 10.0 Å². The van der Waals surface area contributed by atoms with Gasteiger partial charge in [-0.2, -0.15) is 5.10 Å². The smallest absolute Gasteiger partial charge is 0.204 e. The molecule has 0 amide bonds. The summed E-state index contributed by atoms with van der Waals surface area (Å²) in [6.07, 6.45) is 1.70. The molecule has 0 spiro atoms. The topological polar surface area (TPSA) is 55.7 Å². The van der Waals surface area contributed by atoms with Gasteiger partial charge in [-0.1, -0.05) is 52.7 Å². The summed E-state index contributed by atoms with van der Waals surface area (Å²) in [5, 5.41) is 6.13. The highest BCUT2D eigenvalue weighted by molar-refractivity contribution is 7.22. The van der Waals surface area contributed by atoms with Crippen molar-refractivity contribution in [3.63, 3.8) is 0 Å². The predicted octanol–water partition coefficient (Wildman–Crippen LogP) is 6.64. The number of anilines is 1. The van der Waals surface area contributed by atoms with Crippen LogP contribution in [-0.2, 0) is 6.61 Å². The van der Waals surface area contributed by atoms with Crippen LogP contribution in [0.3, 0.4) is 0 Å². The zero-order valence-corrected chi connectivity index (χ0v) is 18.3. The van der Waals surface area contributed by atoms with Gasteiger partial charge in [0.1, 0.15) is 6.61 Å². The summed E-state index contributed by atoms with van der Waals surface area (Å²) in [5.74, 6) is 1.17. The first-order chi connectivity index (χ1) is 14.6. The lowest BCUT2D eigenvalue weighted by Gasteiger charge is -2.13. The van der Waals surface area contributed by atoms with Gasteiger partial charge in [0, 0.05) is 15.6 Å². The van der Waals surface area contributed by atoms with E-state index in [2.05, 4.69) is 15.5 Å². The quantitative estimate of drug-likeness (QED) is 0.249. The van der Waals surface area contributed by atoms with Gasteiger partial charge >= 0.3 is 0 Å². The number of nitrogens with one attached hydrogen (secondary N) is 1. The number of rotatable bonds is 7. The summed E-state index contributed by atoms with van der Waals surface area (Å²) < 4.78 is 12.4. The summed E-state index contributed by atoms with van der Waals surface area (Å²) in [7, 11) is 1.59. The van der Waals surface area contributed by atoms with E-state index in [0.717, 1.165) is 26.5 Å². The number of aromatic nitrogens is 1. The van der Waals surface area contributed by atoms with Gasteiger partial charge in [-0.25, -0.2) is 4.98 Å². The van der Waals surface area contributed by atoms with Crippen molar-refractivity contribution < 1.29 is 9.47 Å². The maximum Gasteiger partial charge on any atom is 0.204 e. The van der Waals surface area contributed by atoms with Crippen molar-refractivity contribution in [3.8, 4) is 11.5 Å². The molecule has 0 aliphatic rings. The monoisotopic (exact) mass is 457 g/mol. The lowest BCUT2D eigenvalue weighted by Crippen LogP contribution is -2.00. The number of hydrazone groups is 1. The lowest BCUT2D eigenvalue weighted by molar-refractivity contribution is 0.284. The Balaban J connectivity index is 1.44. The third-order valence-corrected chi connectivity index (χ3v) is 5.94. The van der Waals surface area contributed by atoms with Crippen molar-refractivity contribution in [2.45, 2.75) is 6.61 Å². The van der Waals surface area contributed by atoms with Gasteiger partial charge in [0.15, 0.2) is 11.5 Å². The Labute approximate surface area is 187 Å². The third kappa shape index (κ3) is 4.67. The molecule has 0 saturated carbocycles. The number of benzene rings is 3. The number of fused-ring (bicyclic) bond motifs is 1. The van der Waals surface area contributed by atoms with Crippen LogP contribution in [0.5, 0.6) is 11.5 Å². The van der Waals surface area contributed by atoms with Gasteiger partial charge < -0.3 is 9.47 Å². The molecule has 3 aromatic carbocycles. The number of thiazole rings is 1. The zero-order chi connectivity index (χ0) is 20.9. The molecule has 0 atom stereocenters. The van der Waals surface area contributed by atoms with E-state index in [-0.39, 0.29) is 6.61 Å². The molecular weight excluding hydrogens is 441 g/mol. The fourth-order valence-electron chi connectivity index (χ4n) is 2.79. The fraction of sp³-hybridized carbons (Fsp3) is 0.0909. The van der Waals surface area contributed by atoms with E-state index >= 15 is 0 Å². The summed E-state index contributed by atoms with van der Waals surface area (Å²) in [6, 6.07) is 18.9. The highest BCUT2D eigenvalue weighted by Crippen LogP contribution is 2.31. The minimum Gasteiger partial charge on any atom is -0.493 e. The molecule has 0 saturated heterocycles. The van der Waals surface area contributed by atoms with E-state index in [1.54, 1.807) is 42.9 Å². The van der Waals surface area contributed by atoms with Crippen molar-refractivity contribution in [2.75, 3.05) is 12.5 Å². The van der Waals surface area contributed by atoms with Crippen LogP contribution in [0.25, 0.3) is 10.2 Å². The van der Waals surface area contributed by atoms with E-state index in [9.17, 15) is 0 Å².